The molecule has 0 saturated carbocycles. The third-order valence-corrected chi connectivity index (χ3v) is 3.65. The minimum Gasteiger partial charge on any atom is -0.479 e. The number of ether oxygens (including phenoxy) is 1. The van der Waals surface area contributed by atoms with Crippen LogP contribution in [0, 0.1) is 0 Å². The summed E-state index contributed by atoms with van der Waals surface area (Å²) in [6, 6.07) is 2.66. The fourth-order valence-corrected chi connectivity index (χ4v) is 2.28. The number of carbonyl (C=O) groups excluding carboxylic acids is 1. The van der Waals surface area contributed by atoms with E-state index in [1.165, 1.54) is 23.2 Å². The average molecular weight is 348 g/mol. The first-order valence-electron chi connectivity index (χ1n) is 7.02. The molecule has 2 rings (SSSR count). The van der Waals surface area contributed by atoms with Gasteiger partial charge in [-0.2, -0.15) is 13.2 Å². The van der Waals surface area contributed by atoms with Gasteiger partial charge in [0.2, 0.25) is 5.88 Å². The molecule has 1 aromatic heterocycles. The highest BCUT2D eigenvalue weighted by atomic mass is 19.4. The first-order valence-corrected chi connectivity index (χ1v) is 7.02. The Kier molecular flexibility index (Phi) is 4.97. The van der Waals surface area contributed by atoms with Crippen molar-refractivity contribution in [1.82, 2.24) is 9.88 Å². The van der Waals surface area contributed by atoms with E-state index in [0.29, 0.717) is 0 Å². The van der Waals surface area contributed by atoms with Gasteiger partial charge in [-0.1, -0.05) is 0 Å². The number of aliphatic hydroxyl groups is 1. The predicted molar refractivity (Wildman–Crippen MR) is 73.5 cm³/mol. The number of alkyl halides is 3. The Morgan fingerprint density at radius 2 is 1.96 bits per heavy atom. The molecule has 10 heteroatoms. The van der Waals surface area contributed by atoms with Crippen LogP contribution in [0.2, 0.25) is 0 Å². The molecule has 0 aromatic carbocycles. The zero-order valence-corrected chi connectivity index (χ0v) is 12.4. The Morgan fingerprint density at radius 1 is 1.33 bits per heavy atom. The third kappa shape index (κ3) is 4.13. The number of hydrogen-bond donors (Lipinski definition) is 2. The normalized spacial score (nSPS) is 17.4. The summed E-state index contributed by atoms with van der Waals surface area (Å²) >= 11 is 0. The second-order valence-corrected chi connectivity index (χ2v) is 5.39. The quantitative estimate of drug-likeness (QED) is 0.844. The second-order valence-electron chi connectivity index (χ2n) is 5.39. The van der Waals surface area contributed by atoms with Crippen LogP contribution in [0.4, 0.5) is 13.2 Å². The molecule has 0 bridgehead atoms. The van der Waals surface area contributed by atoms with E-state index in [2.05, 4.69) is 9.72 Å². The maximum atomic E-state index is 12.4. The van der Waals surface area contributed by atoms with Crippen molar-refractivity contribution in [3.63, 3.8) is 0 Å². The van der Waals surface area contributed by atoms with Crippen LogP contribution in [0.15, 0.2) is 18.3 Å². The molecule has 1 aromatic rings. The summed E-state index contributed by atoms with van der Waals surface area (Å²) in [6.07, 6.45) is -3.72. The van der Waals surface area contributed by atoms with Crippen LogP contribution in [0.5, 0.6) is 5.88 Å². The number of carboxylic acid groups (broad SMARTS) is 1. The number of carboxylic acids is 1. The number of piperidine rings is 1. The lowest BCUT2D eigenvalue weighted by Crippen LogP contribution is -2.50. The maximum absolute atomic E-state index is 12.4. The predicted octanol–water partition coefficient (Wildman–Crippen LogP) is 1.07. The SMILES string of the molecule is O=C(c1cccnc1OCC(F)(F)F)N1CCC(O)(C(=O)O)CC1. The van der Waals surface area contributed by atoms with Gasteiger partial charge >= 0.3 is 12.1 Å². The molecule has 1 aliphatic rings. The lowest BCUT2D eigenvalue weighted by atomic mass is 9.91. The highest BCUT2D eigenvalue weighted by Gasteiger charge is 2.41. The molecule has 2 heterocycles. The summed E-state index contributed by atoms with van der Waals surface area (Å²) in [5.41, 5.74) is -2.05. The molecular weight excluding hydrogens is 333 g/mol. The molecule has 0 aliphatic carbocycles. The van der Waals surface area contributed by atoms with Gasteiger partial charge in [0.1, 0.15) is 5.56 Å². The minimum absolute atomic E-state index is 0.0464. The fraction of sp³-hybridized carbons (Fsp3) is 0.500. The lowest BCUT2D eigenvalue weighted by molar-refractivity contribution is -0.162. The summed E-state index contributed by atoms with van der Waals surface area (Å²) < 4.78 is 41.3. The first kappa shape index (κ1) is 18.0. The summed E-state index contributed by atoms with van der Waals surface area (Å²) in [4.78, 5) is 28.3. The van der Waals surface area contributed by atoms with Gasteiger partial charge in [0.05, 0.1) is 0 Å². The van der Waals surface area contributed by atoms with Crippen LogP contribution in [0.1, 0.15) is 23.2 Å². The molecule has 1 fully saturated rings. The molecule has 0 atom stereocenters. The van der Waals surface area contributed by atoms with Crippen molar-refractivity contribution >= 4 is 11.9 Å². The summed E-state index contributed by atoms with van der Waals surface area (Å²) in [7, 11) is 0. The number of amides is 1. The Morgan fingerprint density at radius 3 is 2.50 bits per heavy atom. The van der Waals surface area contributed by atoms with Crippen LogP contribution in [0.25, 0.3) is 0 Å². The third-order valence-electron chi connectivity index (χ3n) is 3.65. The van der Waals surface area contributed by atoms with Crippen molar-refractivity contribution in [1.29, 1.82) is 0 Å². The van der Waals surface area contributed by atoms with Gasteiger partial charge in [0, 0.05) is 32.1 Å². The van der Waals surface area contributed by atoms with E-state index in [9.17, 15) is 27.9 Å². The minimum atomic E-state index is -4.57. The van der Waals surface area contributed by atoms with Gasteiger partial charge in [-0.25, -0.2) is 9.78 Å². The molecule has 2 N–H and O–H groups in total. The van der Waals surface area contributed by atoms with Crippen molar-refractivity contribution in [3.8, 4) is 5.88 Å². The van der Waals surface area contributed by atoms with Crippen molar-refractivity contribution in [2.45, 2.75) is 24.6 Å². The average Bonchev–Trinajstić information content (AvgIpc) is 2.52. The van der Waals surface area contributed by atoms with Crippen molar-refractivity contribution < 1.29 is 37.7 Å². The number of pyridine rings is 1. The molecule has 0 radical (unpaired) electrons. The van der Waals surface area contributed by atoms with E-state index < -0.39 is 36.1 Å². The molecule has 0 spiro atoms. The van der Waals surface area contributed by atoms with Gasteiger partial charge in [0.15, 0.2) is 12.2 Å². The first-order chi connectivity index (χ1) is 11.1. The Hall–Kier alpha value is -2.36. The van der Waals surface area contributed by atoms with E-state index in [0.717, 1.165) is 0 Å². The Balaban J connectivity index is 2.10. The summed E-state index contributed by atoms with van der Waals surface area (Å²) in [5, 5.41) is 18.8. The molecule has 1 aliphatic heterocycles. The van der Waals surface area contributed by atoms with Crippen LogP contribution >= 0.6 is 0 Å². The van der Waals surface area contributed by atoms with E-state index in [-0.39, 0.29) is 31.5 Å². The standard InChI is InChI=1S/C14H15F3N2O5/c15-14(16,17)8-24-10-9(2-1-5-18-10)11(20)19-6-3-13(23,4-7-19)12(21)22/h1-2,5,23H,3-4,6-8H2,(H,21,22). The molecule has 24 heavy (non-hydrogen) atoms. The van der Waals surface area contributed by atoms with Crippen LogP contribution in [0.3, 0.4) is 0 Å². The lowest BCUT2D eigenvalue weighted by Gasteiger charge is -2.35. The Bertz CT molecular complexity index is 627. The van der Waals surface area contributed by atoms with E-state index in [1.807, 2.05) is 0 Å². The highest BCUT2D eigenvalue weighted by molar-refractivity contribution is 5.96. The highest BCUT2D eigenvalue weighted by Crippen LogP contribution is 2.26. The molecular formula is C14H15F3N2O5. The summed E-state index contributed by atoms with van der Waals surface area (Å²) in [6.45, 7) is -1.67. The largest absolute Gasteiger partial charge is 0.479 e. The number of carbonyl (C=O) groups is 2. The fourth-order valence-electron chi connectivity index (χ4n) is 2.28. The van der Waals surface area contributed by atoms with Gasteiger partial charge < -0.3 is 19.8 Å². The van der Waals surface area contributed by atoms with Gasteiger partial charge in [-0.3, -0.25) is 4.79 Å². The zero-order chi connectivity index (χ0) is 18.0. The van der Waals surface area contributed by atoms with E-state index in [1.54, 1.807) is 0 Å². The molecule has 132 valence electrons. The molecule has 1 amide bonds. The van der Waals surface area contributed by atoms with Crippen molar-refractivity contribution in [2.75, 3.05) is 19.7 Å². The number of likely N-dealkylation sites (tertiary alicyclic amines) is 1. The van der Waals surface area contributed by atoms with Crippen LogP contribution in [-0.4, -0.2) is 63.4 Å². The van der Waals surface area contributed by atoms with Gasteiger partial charge in [-0.15, -0.1) is 0 Å². The maximum Gasteiger partial charge on any atom is 0.422 e. The number of aromatic nitrogens is 1. The summed E-state index contributed by atoms with van der Waals surface area (Å²) in [5.74, 6) is -2.45. The molecule has 1 saturated heterocycles. The smallest absolute Gasteiger partial charge is 0.422 e. The van der Waals surface area contributed by atoms with Gasteiger partial charge in [-0.05, 0) is 12.1 Å². The number of rotatable bonds is 4. The van der Waals surface area contributed by atoms with Crippen LogP contribution in [-0.2, 0) is 4.79 Å². The number of hydrogen-bond acceptors (Lipinski definition) is 5. The van der Waals surface area contributed by atoms with Crippen molar-refractivity contribution in [2.24, 2.45) is 0 Å². The van der Waals surface area contributed by atoms with E-state index in [4.69, 9.17) is 5.11 Å². The monoisotopic (exact) mass is 348 g/mol. The number of aliphatic carboxylic acids is 1. The van der Waals surface area contributed by atoms with Gasteiger partial charge in [0.25, 0.3) is 5.91 Å². The Labute approximate surface area is 134 Å². The number of nitrogens with zero attached hydrogens (tertiary/aromatic N) is 2. The van der Waals surface area contributed by atoms with E-state index >= 15 is 0 Å². The van der Waals surface area contributed by atoms with Crippen molar-refractivity contribution in [3.05, 3.63) is 23.9 Å². The second kappa shape index (κ2) is 6.63. The molecule has 0 unspecified atom stereocenters. The van der Waals surface area contributed by atoms with Crippen LogP contribution < -0.4 is 4.74 Å². The molecule has 7 nitrogen and oxygen atoms in total. The topological polar surface area (TPSA) is 100.0 Å². The number of halogens is 3. The zero-order valence-electron chi connectivity index (χ0n) is 12.4.